The van der Waals surface area contributed by atoms with Crippen molar-refractivity contribution in [1.29, 1.82) is 0 Å². The first kappa shape index (κ1) is 15.8. The van der Waals surface area contributed by atoms with Crippen molar-refractivity contribution in [2.24, 2.45) is 0 Å². The highest BCUT2D eigenvalue weighted by atomic mass is 32.2. The summed E-state index contributed by atoms with van der Waals surface area (Å²) in [6.07, 6.45) is 0. The van der Waals surface area contributed by atoms with Crippen LogP contribution in [0.25, 0.3) is 0 Å². The van der Waals surface area contributed by atoms with Crippen LogP contribution >= 0.6 is 0 Å². The Kier molecular flexibility index (Phi) is 5.62. The third-order valence-electron chi connectivity index (χ3n) is 3.13. The monoisotopic (exact) mass is 286 g/mol. The van der Waals surface area contributed by atoms with Crippen molar-refractivity contribution in [3.05, 3.63) is 18.2 Å². The predicted octanol–water partition coefficient (Wildman–Crippen LogP) is 1.39. The normalized spacial score (nSPS) is 11.8. The molecule has 5 nitrogen and oxygen atoms in total. The predicted molar refractivity (Wildman–Crippen MR) is 77.2 cm³/mol. The number of sulfone groups is 1. The van der Waals surface area contributed by atoms with E-state index in [2.05, 4.69) is 4.90 Å². The van der Waals surface area contributed by atoms with Gasteiger partial charge in [-0.25, -0.2) is 8.42 Å². The van der Waals surface area contributed by atoms with Gasteiger partial charge in [-0.15, -0.1) is 0 Å². The van der Waals surface area contributed by atoms with Gasteiger partial charge in [0, 0.05) is 12.6 Å². The molecule has 0 spiro atoms. The number of nitrogen functional groups attached to an aromatic ring is 1. The molecule has 1 aromatic carbocycles. The van der Waals surface area contributed by atoms with E-state index in [1.54, 1.807) is 12.1 Å². The average molecular weight is 286 g/mol. The van der Waals surface area contributed by atoms with Gasteiger partial charge in [0.05, 0.1) is 23.4 Å². The molecule has 0 aliphatic rings. The van der Waals surface area contributed by atoms with Crippen molar-refractivity contribution in [1.82, 2.24) is 4.90 Å². The SMILES string of the molecule is CCN(CC)CCS(=O)(=O)c1cc(OC)ccc1N. The summed E-state index contributed by atoms with van der Waals surface area (Å²) in [5.74, 6) is 0.557. The molecule has 1 aromatic rings. The summed E-state index contributed by atoms with van der Waals surface area (Å²) >= 11 is 0. The smallest absolute Gasteiger partial charge is 0.181 e. The van der Waals surface area contributed by atoms with E-state index in [4.69, 9.17) is 10.5 Å². The molecular weight excluding hydrogens is 264 g/mol. The standard InChI is InChI=1S/C13H22N2O3S/c1-4-15(5-2)8-9-19(16,17)13-10-11(18-3)6-7-12(13)14/h6-7,10H,4-5,8-9,14H2,1-3H3. The number of nitrogens with two attached hydrogens (primary N) is 1. The maximum atomic E-state index is 12.3. The van der Waals surface area contributed by atoms with Crippen LogP contribution in [-0.4, -0.2) is 45.8 Å². The molecule has 19 heavy (non-hydrogen) atoms. The van der Waals surface area contributed by atoms with Gasteiger partial charge in [-0.2, -0.15) is 0 Å². The van der Waals surface area contributed by atoms with Gasteiger partial charge in [-0.05, 0) is 25.2 Å². The number of anilines is 1. The van der Waals surface area contributed by atoms with Gasteiger partial charge >= 0.3 is 0 Å². The van der Waals surface area contributed by atoms with Crippen LogP contribution in [0.1, 0.15) is 13.8 Å². The molecule has 0 amide bonds. The number of hydrogen-bond donors (Lipinski definition) is 1. The second kappa shape index (κ2) is 6.77. The van der Waals surface area contributed by atoms with Crippen LogP contribution < -0.4 is 10.5 Å². The minimum Gasteiger partial charge on any atom is -0.497 e. The van der Waals surface area contributed by atoms with Crippen molar-refractivity contribution in [2.45, 2.75) is 18.7 Å². The fraction of sp³-hybridized carbons (Fsp3) is 0.538. The lowest BCUT2D eigenvalue weighted by atomic mass is 10.3. The number of hydrogen-bond acceptors (Lipinski definition) is 5. The molecule has 0 radical (unpaired) electrons. The summed E-state index contributed by atoms with van der Waals surface area (Å²) in [7, 11) is -1.89. The Hall–Kier alpha value is -1.27. The van der Waals surface area contributed by atoms with E-state index in [1.807, 2.05) is 13.8 Å². The second-order valence-electron chi connectivity index (χ2n) is 4.25. The molecule has 0 aliphatic carbocycles. The van der Waals surface area contributed by atoms with Gasteiger partial charge in [0.2, 0.25) is 0 Å². The molecule has 0 heterocycles. The van der Waals surface area contributed by atoms with E-state index in [9.17, 15) is 8.42 Å². The molecule has 0 saturated heterocycles. The zero-order chi connectivity index (χ0) is 14.5. The van der Waals surface area contributed by atoms with Gasteiger partial charge in [0.15, 0.2) is 9.84 Å². The Labute approximate surface area is 115 Å². The van der Waals surface area contributed by atoms with Crippen molar-refractivity contribution >= 4 is 15.5 Å². The number of rotatable bonds is 7. The van der Waals surface area contributed by atoms with E-state index >= 15 is 0 Å². The van der Waals surface area contributed by atoms with Crippen LogP contribution in [0.5, 0.6) is 5.75 Å². The lowest BCUT2D eigenvalue weighted by Crippen LogP contribution is -2.29. The quantitative estimate of drug-likeness (QED) is 0.767. The van der Waals surface area contributed by atoms with Gasteiger partial charge in [-0.3, -0.25) is 0 Å². The minimum atomic E-state index is -3.39. The van der Waals surface area contributed by atoms with Gasteiger partial charge in [-0.1, -0.05) is 13.8 Å². The summed E-state index contributed by atoms with van der Waals surface area (Å²) in [5.41, 5.74) is 6.02. The van der Waals surface area contributed by atoms with Crippen LogP contribution in [0.2, 0.25) is 0 Å². The summed E-state index contributed by atoms with van der Waals surface area (Å²) in [6, 6.07) is 4.69. The molecule has 0 aromatic heterocycles. The Morgan fingerprint density at radius 1 is 1.26 bits per heavy atom. The van der Waals surface area contributed by atoms with E-state index in [0.29, 0.717) is 12.3 Å². The molecule has 0 unspecified atom stereocenters. The van der Waals surface area contributed by atoms with E-state index in [1.165, 1.54) is 13.2 Å². The van der Waals surface area contributed by atoms with Crippen molar-refractivity contribution in [2.75, 3.05) is 38.2 Å². The lowest BCUT2D eigenvalue weighted by molar-refractivity contribution is 0.321. The van der Waals surface area contributed by atoms with Crippen molar-refractivity contribution in [3.8, 4) is 5.75 Å². The molecule has 1 rings (SSSR count). The van der Waals surface area contributed by atoms with Crippen LogP contribution in [0, 0.1) is 0 Å². The summed E-state index contributed by atoms with van der Waals surface area (Å²) in [5, 5.41) is 0. The number of nitrogens with zero attached hydrogens (tertiary/aromatic N) is 1. The van der Waals surface area contributed by atoms with Crippen LogP contribution in [0.15, 0.2) is 23.1 Å². The average Bonchev–Trinajstić information content (AvgIpc) is 2.40. The minimum absolute atomic E-state index is 0.0616. The Morgan fingerprint density at radius 3 is 2.42 bits per heavy atom. The summed E-state index contributed by atoms with van der Waals surface area (Å²) in [4.78, 5) is 2.22. The third kappa shape index (κ3) is 4.11. The Morgan fingerprint density at radius 2 is 1.89 bits per heavy atom. The maximum Gasteiger partial charge on any atom is 0.181 e. The fourth-order valence-electron chi connectivity index (χ4n) is 1.81. The van der Waals surface area contributed by atoms with Gasteiger partial charge < -0.3 is 15.4 Å². The fourth-order valence-corrected chi connectivity index (χ4v) is 3.25. The van der Waals surface area contributed by atoms with E-state index in [0.717, 1.165) is 13.1 Å². The Bertz CT molecular complexity index is 511. The first-order valence-electron chi connectivity index (χ1n) is 6.33. The lowest BCUT2D eigenvalue weighted by Gasteiger charge is -2.18. The topological polar surface area (TPSA) is 72.6 Å². The van der Waals surface area contributed by atoms with E-state index < -0.39 is 9.84 Å². The maximum absolute atomic E-state index is 12.3. The van der Waals surface area contributed by atoms with E-state index in [-0.39, 0.29) is 16.3 Å². The molecule has 0 fully saturated rings. The molecule has 0 aliphatic heterocycles. The largest absolute Gasteiger partial charge is 0.497 e. The number of benzene rings is 1. The highest BCUT2D eigenvalue weighted by molar-refractivity contribution is 7.91. The summed E-state index contributed by atoms with van der Waals surface area (Å²) in [6.45, 7) is 6.19. The molecule has 0 atom stereocenters. The molecule has 108 valence electrons. The van der Waals surface area contributed by atoms with Crippen LogP contribution in [-0.2, 0) is 9.84 Å². The first-order chi connectivity index (χ1) is 8.94. The second-order valence-corrected chi connectivity index (χ2v) is 6.33. The van der Waals surface area contributed by atoms with Gasteiger partial charge in [0.25, 0.3) is 0 Å². The molecule has 0 saturated carbocycles. The third-order valence-corrected chi connectivity index (χ3v) is 4.87. The summed E-state index contributed by atoms with van der Waals surface area (Å²) < 4.78 is 29.6. The highest BCUT2D eigenvalue weighted by Gasteiger charge is 2.19. The van der Waals surface area contributed by atoms with Crippen LogP contribution in [0.4, 0.5) is 5.69 Å². The van der Waals surface area contributed by atoms with Crippen LogP contribution in [0.3, 0.4) is 0 Å². The first-order valence-corrected chi connectivity index (χ1v) is 7.98. The number of ether oxygens (including phenoxy) is 1. The molecule has 6 heteroatoms. The highest BCUT2D eigenvalue weighted by Crippen LogP contribution is 2.24. The zero-order valence-electron chi connectivity index (χ0n) is 11.7. The van der Waals surface area contributed by atoms with Gasteiger partial charge in [0.1, 0.15) is 5.75 Å². The zero-order valence-corrected chi connectivity index (χ0v) is 12.5. The molecule has 2 N–H and O–H groups in total. The Balaban J connectivity index is 2.93. The van der Waals surface area contributed by atoms with Crippen molar-refractivity contribution < 1.29 is 13.2 Å². The molecular formula is C13H22N2O3S. The molecule has 0 bridgehead atoms. The number of methoxy groups -OCH3 is 1. The van der Waals surface area contributed by atoms with Crippen molar-refractivity contribution in [3.63, 3.8) is 0 Å².